The molecule has 37 heavy (non-hydrogen) atoms. The first kappa shape index (κ1) is 29.0. The van der Waals surface area contributed by atoms with E-state index >= 15 is 0 Å². The number of thiazole rings is 1. The standard InChI is InChI=1S/C28H36BrN3O4S/c1-16(2)14-28(25(35)36-27(6,7)8)15-18(22(30)33)21(23-31-11-12-37-23)32(28)24(34)17-9-10-19(20(29)13-17)26(3,4)5/h9-13,15-16,21H,14H2,1-8H3,(H2,30,33)/t21-,28+/m1/s1. The third-order valence-electron chi connectivity index (χ3n) is 6.06. The molecule has 0 radical (unpaired) electrons. The van der Waals surface area contributed by atoms with E-state index in [1.807, 2.05) is 19.9 Å². The zero-order valence-electron chi connectivity index (χ0n) is 22.7. The summed E-state index contributed by atoms with van der Waals surface area (Å²) in [6.45, 7) is 15.5. The van der Waals surface area contributed by atoms with E-state index in [4.69, 9.17) is 10.5 Å². The smallest absolute Gasteiger partial charge is 0.336 e. The zero-order valence-corrected chi connectivity index (χ0v) is 25.1. The molecular weight excluding hydrogens is 554 g/mol. The fraction of sp³-hybridized carbons (Fsp3) is 0.500. The first-order valence-electron chi connectivity index (χ1n) is 12.3. The van der Waals surface area contributed by atoms with Gasteiger partial charge in [0.05, 0.1) is 0 Å². The molecule has 2 amide bonds. The van der Waals surface area contributed by atoms with Gasteiger partial charge in [0.15, 0.2) is 5.54 Å². The highest BCUT2D eigenvalue weighted by Gasteiger charge is 2.57. The molecule has 0 saturated carbocycles. The van der Waals surface area contributed by atoms with E-state index in [0.29, 0.717) is 10.6 Å². The molecule has 0 saturated heterocycles. The number of benzene rings is 1. The molecule has 0 unspecified atom stereocenters. The minimum Gasteiger partial charge on any atom is -0.458 e. The number of carbonyl (C=O) groups excluding carboxylic acids is 3. The van der Waals surface area contributed by atoms with Crippen molar-refractivity contribution in [2.45, 2.75) is 84.4 Å². The van der Waals surface area contributed by atoms with E-state index in [0.717, 1.165) is 10.0 Å². The molecule has 0 fully saturated rings. The molecule has 2 N–H and O–H groups in total. The minimum atomic E-state index is -1.55. The number of esters is 1. The second-order valence-corrected chi connectivity index (χ2v) is 13.7. The summed E-state index contributed by atoms with van der Waals surface area (Å²) >= 11 is 4.92. The van der Waals surface area contributed by atoms with Gasteiger partial charge in [-0.1, -0.05) is 56.6 Å². The number of hydrogen-bond acceptors (Lipinski definition) is 6. The molecule has 2 heterocycles. The van der Waals surface area contributed by atoms with Crippen molar-refractivity contribution >= 4 is 45.1 Å². The van der Waals surface area contributed by atoms with Crippen LogP contribution in [0.3, 0.4) is 0 Å². The van der Waals surface area contributed by atoms with Gasteiger partial charge in [0.2, 0.25) is 5.91 Å². The molecule has 7 nitrogen and oxygen atoms in total. The van der Waals surface area contributed by atoms with Crippen LogP contribution < -0.4 is 5.73 Å². The Hall–Kier alpha value is -2.52. The third kappa shape index (κ3) is 5.98. The van der Waals surface area contributed by atoms with Crippen LogP contribution in [0.4, 0.5) is 0 Å². The van der Waals surface area contributed by atoms with Gasteiger partial charge < -0.3 is 15.4 Å². The maximum atomic E-state index is 14.4. The lowest BCUT2D eigenvalue weighted by Crippen LogP contribution is -2.56. The largest absolute Gasteiger partial charge is 0.458 e. The van der Waals surface area contributed by atoms with Crippen molar-refractivity contribution in [3.05, 3.63) is 62.0 Å². The number of hydrogen-bond donors (Lipinski definition) is 1. The molecule has 1 aliphatic rings. The number of ether oxygens (including phenoxy) is 1. The second-order valence-electron chi connectivity index (χ2n) is 11.9. The molecule has 3 rings (SSSR count). The summed E-state index contributed by atoms with van der Waals surface area (Å²) in [5, 5.41) is 2.26. The Kier molecular flexibility index (Phi) is 8.11. The average molecular weight is 591 g/mol. The molecule has 2 aromatic rings. The van der Waals surface area contributed by atoms with E-state index in [2.05, 4.69) is 41.7 Å². The fourth-order valence-electron chi connectivity index (χ4n) is 4.67. The summed E-state index contributed by atoms with van der Waals surface area (Å²) in [4.78, 5) is 47.0. The summed E-state index contributed by atoms with van der Waals surface area (Å²) in [5.41, 5.74) is 4.90. The van der Waals surface area contributed by atoms with Crippen molar-refractivity contribution < 1.29 is 19.1 Å². The molecular formula is C28H36BrN3O4S. The van der Waals surface area contributed by atoms with E-state index < -0.39 is 35.0 Å². The minimum absolute atomic E-state index is 0.0155. The molecule has 1 aliphatic heterocycles. The lowest BCUT2D eigenvalue weighted by Gasteiger charge is -2.41. The van der Waals surface area contributed by atoms with Crippen LogP contribution in [0.2, 0.25) is 0 Å². The van der Waals surface area contributed by atoms with E-state index in [1.165, 1.54) is 22.3 Å². The molecule has 0 bridgehead atoms. The first-order chi connectivity index (χ1) is 17.0. The quantitative estimate of drug-likeness (QED) is 0.420. The molecule has 2 atom stereocenters. The molecule has 9 heteroatoms. The number of halogens is 1. The zero-order chi connectivity index (χ0) is 27.9. The topological polar surface area (TPSA) is 103 Å². The van der Waals surface area contributed by atoms with E-state index in [-0.39, 0.29) is 23.3 Å². The molecule has 200 valence electrons. The number of carbonyl (C=O) groups is 3. The molecule has 1 aromatic carbocycles. The Bertz CT molecular complexity index is 1230. The Labute approximate surface area is 231 Å². The number of nitrogens with zero attached hydrogens (tertiary/aromatic N) is 2. The Morgan fingerprint density at radius 1 is 1.19 bits per heavy atom. The third-order valence-corrected chi connectivity index (χ3v) is 7.55. The normalized spacial score (nSPS) is 20.2. The maximum Gasteiger partial charge on any atom is 0.336 e. The predicted molar refractivity (Wildman–Crippen MR) is 149 cm³/mol. The Balaban J connectivity index is 2.28. The van der Waals surface area contributed by atoms with Crippen molar-refractivity contribution in [3.63, 3.8) is 0 Å². The number of nitrogens with two attached hydrogens (primary N) is 1. The van der Waals surface area contributed by atoms with Crippen molar-refractivity contribution in [1.82, 2.24) is 9.88 Å². The summed E-state index contributed by atoms with van der Waals surface area (Å²) in [5.74, 6) is -1.75. The van der Waals surface area contributed by atoms with Gasteiger partial charge in [-0.05, 0) is 62.3 Å². The number of aromatic nitrogens is 1. The number of primary amides is 1. The summed E-state index contributed by atoms with van der Waals surface area (Å²) in [6, 6.07) is 4.51. The highest BCUT2D eigenvalue weighted by Crippen LogP contribution is 2.47. The van der Waals surface area contributed by atoms with E-state index in [1.54, 1.807) is 44.5 Å². The van der Waals surface area contributed by atoms with Gasteiger partial charge in [-0.3, -0.25) is 9.59 Å². The Morgan fingerprint density at radius 3 is 2.30 bits per heavy atom. The lowest BCUT2D eigenvalue weighted by molar-refractivity contribution is -0.166. The monoisotopic (exact) mass is 589 g/mol. The number of rotatable bonds is 6. The SMILES string of the molecule is CC(C)C[C@@]1(C(=O)OC(C)(C)C)C=C(C(N)=O)[C@H](c2nccs2)N1C(=O)c1ccc(C(C)(C)C)c(Br)c1. The molecule has 1 aromatic heterocycles. The summed E-state index contributed by atoms with van der Waals surface area (Å²) in [6.07, 6.45) is 3.38. The van der Waals surface area contributed by atoms with Crippen molar-refractivity contribution in [3.8, 4) is 0 Å². The van der Waals surface area contributed by atoms with Crippen LogP contribution in [0.5, 0.6) is 0 Å². The first-order valence-corrected chi connectivity index (χ1v) is 13.9. The van der Waals surface area contributed by atoms with E-state index in [9.17, 15) is 14.4 Å². The highest BCUT2D eigenvalue weighted by atomic mass is 79.9. The van der Waals surface area contributed by atoms with Crippen LogP contribution in [0.25, 0.3) is 0 Å². The van der Waals surface area contributed by atoms with Crippen LogP contribution >= 0.6 is 27.3 Å². The second kappa shape index (κ2) is 10.3. The van der Waals surface area contributed by atoms with Crippen LogP contribution in [0.1, 0.15) is 88.8 Å². The van der Waals surface area contributed by atoms with Gasteiger partial charge in [0.25, 0.3) is 5.91 Å². The molecule has 0 spiro atoms. The van der Waals surface area contributed by atoms with Gasteiger partial charge in [-0.25, -0.2) is 9.78 Å². The number of amides is 2. The lowest BCUT2D eigenvalue weighted by atomic mass is 9.85. The molecule has 0 aliphatic carbocycles. The van der Waals surface area contributed by atoms with Crippen molar-refractivity contribution in [2.75, 3.05) is 0 Å². The predicted octanol–water partition coefficient (Wildman–Crippen LogP) is 5.94. The van der Waals surface area contributed by atoms with Crippen LogP contribution in [0, 0.1) is 5.92 Å². The highest BCUT2D eigenvalue weighted by molar-refractivity contribution is 9.10. The van der Waals surface area contributed by atoms with Gasteiger partial charge in [-0.2, -0.15) is 0 Å². The fourth-order valence-corrected chi connectivity index (χ4v) is 6.39. The van der Waals surface area contributed by atoms with Crippen molar-refractivity contribution in [1.29, 1.82) is 0 Å². The van der Waals surface area contributed by atoms with Gasteiger partial charge in [-0.15, -0.1) is 11.3 Å². The van der Waals surface area contributed by atoms with Crippen LogP contribution in [-0.2, 0) is 19.7 Å². The van der Waals surface area contributed by atoms with Crippen LogP contribution in [0.15, 0.2) is 45.9 Å². The Morgan fingerprint density at radius 2 is 1.84 bits per heavy atom. The summed E-state index contributed by atoms with van der Waals surface area (Å²) in [7, 11) is 0. The average Bonchev–Trinajstić information content (AvgIpc) is 3.37. The van der Waals surface area contributed by atoms with Crippen LogP contribution in [-0.4, -0.2) is 38.8 Å². The maximum absolute atomic E-state index is 14.4. The summed E-state index contributed by atoms with van der Waals surface area (Å²) < 4.78 is 6.65. The van der Waals surface area contributed by atoms with Gasteiger partial charge >= 0.3 is 5.97 Å². The van der Waals surface area contributed by atoms with Crippen molar-refractivity contribution in [2.24, 2.45) is 11.7 Å². The van der Waals surface area contributed by atoms with Gasteiger partial charge in [0.1, 0.15) is 16.7 Å². The van der Waals surface area contributed by atoms with Gasteiger partial charge in [0, 0.05) is 27.2 Å².